The van der Waals surface area contributed by atoms with Crippen LogP contribution in [0.3, 0.4) is 0 Å². The van der Waals surface area contributed by atoms with Crippen molar-refractivity contribution < 1.29 is 9.53 Å². The fourth-order valence-electron chi connectivity index (χ4n) is 1.28. The lowest BCUT2D eigenvalue weighted by Crippen LogP contribution is -2.15. The number of carbonyl (C=O) groups excluding carboxylic acids is 1. The van der Waals surface area contributed by atoms with E-state index < -0.39 is 0 Å². The van der Waals surface area contributed by atoms with Gasteiger partial charge in [0, 0.05) is 18.2 Å². The van der Waals surface area contributed by atoms with Crippen molar-refractivity contribution in [2.24, 2.45) is 0 Å². The maximum Gasteiger partial charge on any atom is 0.169 e. The fraction of sp³-hybridized carbons (Fsp3) is 0.222. The highest BCUT2D eigenvalue weighted by Gasteiger charge is 2.17. The van der Waals surface area contributed by atoms with E-state index in [-0.39, 0.29) is 5.78 Å². The van der Waals surface area contributed by atoms with Crippen LogP contribution < -0.4 is 10.5 Å². The first-order valence-electron chi connectivity index (χ1n) is 3.83. The Morgan fingerprint density at radius 1 is 1.42 bits per heavy atom. The highest BCUT2D eigenvalue weighted by Crippen LogP contribution is 2.26. The SMILES string of the molecule is Nc1ccc2c(c1)OCCC2=O. The molecule has 0 fully saturated rings. The smallest absolute Gasteiger partial charge is 0.169 e. The van der Waals surface area contributed by atoms with Crippen molar-refractivity contribution in [1.29, 1.82) is 0 Å². The zero-order chi connectivity index (χ0) is 8.55. The van der Waals surface area contributed by atoms with E-state index in [1.165, 1.54) is 0 Å². The van der Waals surface area contributed by atoms with Crippen LogP contribution in [0.25, 0.3) is 0 Å². The molecule has 3 heteroatoms. The van der Waals surface area contributed by atoms with Crippen molar-refractivity contribution in [1.82, 2.24) is 0 Å². The molecule has 0 bridgehead atoms. The third kappa shape index (κ3) is 1.03. The molecule has 0 amide bonds. The third-order valence-electron chi connectivity index (χ3n) is 1.89. The summed E-state index contributed by atoms with van der Waals surface area (Å²) >= 11 is 0. The molecule has 0 aliphatic carbocycles. The lowest BCUT2D eigenvalue weighted by atomic mass is 10.0. The van der Waals surface area contributed by atoms with Crippen LogP contribution in [-0.4, -0.2) is 12.4 Å². The van der Waals surface area contributed by atoms with Crippen molar-refractivity contribution in [3.8, 4) is 5.75 Å². The summed E-state index contributed by atoms with van der Waals surface area (Å²) in [6.45, 7) is 0.468. The van der Waals surface area contributed by atoms with Crippen LogP contribution in [0, 0.1) is 0 Å². The molecule has 0 atom stereocenters. The van der Waals surface area contributed by atoms with Gasteiger partial charge < -0.3 is 10.5 Å². The Hall–Kier alpha value is -1.51. The number of Topliss-reactive ketones (excluding diaryl/α,β-unsaturated/α-hetero) is 1. The van der Waals surface area contributed by atoms with Crippen molar-refractivity contribution in [2.75, 3.05) is 12.3 Å². The van der Waals surface area contributed by atoms with Crippen LogP contribution in [0.15, 0.2) is 18.2 Å². The number of benzene rings is 1. The van der Waals surface area contributed by atoms with Gasteiger partial charge in [-0.2, -0.15) is 0 Å². The Bertz CT molecular complexity index is 333. The van der Waals surface area contributed by atoms with Crippen molar-refractivity contribution in [3.05, 3.63) is 23.8 Å². The fourth-order valence-corrected chi connectivity index (χ4v) is 1.28. The summed E-state index contributed by atoms with van der Waals surface area (Å²) in [4.78, 5) is 11.3. The molecule has 0 spiro atoms. The number of rotatable bonds is 0. The van der Waals surface area contributed by atoms with E-state index in [4.69, 9.17) is 10.5 Å². The molecule has 0 radical (unpaired) electrons. The Morgan fingerprint density at radius 3 is 3.08 bits per heavy atom. The van der Waals surface area contributed by atoms with Gasteiger partial charge in [-0.1, -0.05) is 0 Å². The molecule has 2 rings (SSSR count). The molecule has 62 valence electrons. The number of nitrogen functional groups attached to an aromatic ring is 1. The van der Waals surface area contributed by atoms with Crippen LogP contribution >= 0.6 is 0 Å². The number of hydrogen-bond donors (Lipinski definition) is 1. The van der Waals surface area contributed by atoms with Gasteiger partial charge in [-0.3, -0.25) is 4.79 Å². The zero-order valence-corrected chi connectivity index (χ0v) is 6.54. The summed E-state index contributed by atoms with van der Waals surface area (Å²) in [6, 6.07) is 5.12. The van der Waals surface area contributed by atoms with E-state index in [1.54, 1.807) is 18.2 Å². The minimum absolute atomic E-state index is 0.135. The first-order chi connectivity index (χ1) is 5.77. The van der Waals surface area contributed by atoms with Gasteiger partial charge in [0.05, 0.1) is 12.2 Å². The number of hydrogen-bond acceptors (Lipinski definition) is 3. The maximum atomic E-state index is 11.3. The number of fused-ring (bicyclic) bond motifs is 1. The summed E-state index contributed by atoms with van der Waals surface area (Å²) in [5.74, 6) is 0.752. The summed E-state index contributed by atoms with van der Waals surface area (Å²) in [5, 5.41) is 0. The predicted octanol–water partition coefficient (Wildman–Crippen LogP) is 1.23. The van der Waals surface area contributed by atoms with Crippen LogP contribution in [0.1, 0.15) is 16.8 Å². The molecule has 1 heterocycles. The quantitative estimate of drug-likeness (QED) is 0.585. The molecule has 0 saturated heterocycles. The monoisotopic (exact) mass is 163 g/mol. The van der Waals surface area contributed by atoms with Gasteiger partial charge in [-0.15, -0.1) is 0 Å². The largest absolute Gasteiger partial charge is 0.492 e. The lowest BCUT2D eigenvalue weighted by Gasteiger charge is -2.15. The van der Waals surface area contributed by atoms with Crippen molar-refractivity contribution in [2.45, 2.75) is 6.42 Å². The molecular weight excluding hydrogens is 154 g/mol. The van der Waals surface area contributed by atoms with Gasteiger partial charge in [-0.05, 0) is 12.1 Å². The first-order valence-corrected chi connectivity index (χ1v) is 3.83. The molecule has 1 aromatic rings. The summed E-state index contributed by atoms with van der Waals surface area (Å²) < 4.78 is 5.27. The molecule has 3 nitrogen and oxygen atoms in total. The Balaban J connectivity index is 2.53. The van der Waals surface area contributed by atoms with Crippen LogP contribution in [-0.2, 0) is 0 Å². The predicted molar refractivity (Wildman–Crippen MR) is 45.3 cm³/mol. The molecule has 1 aliphatic heterocycles. The summed E-state index contributed by atoms with van der Waals surface area (Å²) in [7, 11) is 0. The van der Waals surface area contributed by atoms with E-state index in [9.17, 15) is 4.79 Å². The van der Waals surface area contributed by atoms with Crippen LogP contribution in [0.5, 0.6) is 5.75 Å². The standard InChI is InChI=1S/C9H9NO2/c10-6-1-2-7-8(11)3-4-12-9(7)5-6/h1-2,5H,3-4,10H2. The Labute approximate surface area is 70.1 Å². The second-order valence-electron chi connectivity index (χ2n) is 2.78. The number of ether oxygens (including phenoxy) is 1. The second-order valence-corrected chi connectivity index (χ2v) is 2.78. The Morgan fingerprint density at radius 2 is 2.25 bits per heavy atom. The topological polar surface area (TPSA) is 52.3 Å². The van der Waals surface area contributed by atoms with E-state index in [2.05, 4.69) is 0 Å². The molecule has 0 aromatic heterocycles. The average Bonchev–Trinajstić information content (AvgIpc) is 2.04. The summed E-state index contributed by atoms with van der Waals surface area (Å²) in [6.07, 6.45) is 0.469. The summed E-state index contributed by atoms with van der Waals surface area (Å²) in [5.41, 5.74) is 6.81. The van der Waals surface area contributed by atoms with E-state index in [0.29, 0.717) is 30.0 Å². The highest BCUT2D eigenvalue weighted by atomic mass is 16.5. The van der Waals surface area contributed by atoms with Gasteiger partial charge in [-0.25, -0.2) is 0 Å². The van der Waals surface area contributed by atoms with Gasteiger partial charge in [0.25, 0.3) is 0 Å². The molecule has 0 unspecified atom stereocenters. The molecular formula is C9H9NO2. The maximum absolute atomic E-state index is 11.3. The highest BCUT2D eigenvalue weighted by molar-refractivity contribution is 5.99. The van der Waals surface area contributed by atoms with Gasteiger partial charge >= 0.3 is 0 Å². The average molecular weight is 163 g/mol. The number of nitrogens with two attached hydrogens (primary N) is 1. The number of ketones is 1. The number of anilines is 1. The zero-order valence-electron chi connectivity index (χ0n) is 6.54. The van der Waals surface area contributed by atoms with E-state index in [0.717, 1.165) is 0 Å². The first kappa shape index (κ1) is 7.16. The minimum Gasteiger partial charge on any atom is -0.492 e. The van der Waals surface area contributed by atoms with Gasteiger partial charge in [0.1, 0.15) is 5.75 Å². The second kappa shape index (κ2) is 2.52. The molecule has 12 heavy (non-hydrogen) atoms. The lowest BCUT2D eigenvalue weighted by molar-refractivity contribution is 0.0933. The molecule has 0 saturated carbocycles. The van der Waals surface area contributed by atoms with Gasteiger partial charge in [0.2, 0.25) is 0 Å². The Kier molecular flexibility index (Phi) is 1.50. The molecule has 1 aromatic carbocycles. The third-order valence-corrected chi connectivity index (χ3v) is 1.89. The molecule has 1 aliphatic rings. The number of carbonyl (C=O) groups is 1. The van der Waals surface area contributed by atoms with Crippen LogP contribution in [0.2, 0.25) is 0 Å². The van der Waals surface area contributed by atoms with E-state index in [1.807, 2.05) is 0 Å². The van der Waals surface area contributed by atoms with Gasteiger partial charge in [0.15, 0.2) is 5.78 Å². The van der Waals surface area contributed by atoms with Crippen LogP contribution in [0.4, 0.5) is 5.69 Å². The van der Waals surface area contributed by atoms with E-state index >= 15 is 0 Å². The minimum atomic E-state index is 0.135. The van der Waals surface area contributed by atoms with Crippen molar-refractivity contribution >= 4 is 11.5 Å². The molecule has 2 N–H and O–H groups in total. The normalized spacial score (nSPS) is 15.2. The van der Waals surface area contributed by atoms with Crippen molar-refractivity contribution in [3.63, 3.8) is 0 Å².